The number of hydrogen-bond donors (Lipinski definition) is 1. The molecule has 1 fully saturated rings. The van der Waals surface area contributed by atoms with Crippen LogP contribution in [0.4, 0.5) is 0 Å². The lowest BCUT2D eigenvalue weighted by Gasteiger charge is -2.28. The summed E-state index contributed by atoms with van der Waals surface area (Å²) in [5.74, 6) is 0.757. The minimum atomic E-state index is 0.561. The van der Waals surface area contributed by atoms with Gasteiger partial charge in [-0.2, -0.15) is 0 Å². The molecule has 2 heterocycles. The van der Waals surface area contributed by atoms with E-state index >= 15 is 0 Å². The first-order valence-corrected chi connectivity index (χ1v) is 7.42. The van der Waals surface area contributed by atoms with Gasteiger partial charge in [-0.15, -0.1) is 11.3 Å². The van der Waals surface area contributed by atoms with Crippen LogP contribution in [0.25, 0.3) is 0 Å². The van der Waals surface area contributed by atoms with Gasteiger partial charge in [-0.3, -0.25) is 0 Å². The van der Waals surface area contributed by atoms with Crippen molar-refractivity contribution < 1.29 is 4.74 Å². The Labute approximate surface area is 108 Å². The summed E-state index contributed by atoms with van der Waals surface area (Å²) >= 11 is 1.77. The highest BCUT2D eigenvalue weighted by Gasteiger charge is 2.20. The molecule has 0 amide bonds. The van der Waals surface area contributed by atoms with Crippen LogP contribution in [0.3, 0.4) is 0 Å². The van der Waals surface area contributed by atoms with E-state index in [4.69, 9.17) is 4.74 Å². The summed E-state index contributed by atoms with van der Waals surface area (Å²) in [7, 11) is 0. The Bertz CT molecular complexity index is 334. The van der Waals surface area contributed by atoms with E-state index in [1.807, 2.05) is 0 Å². The van der Waals surface area contributed by atoms with E-state index in [1.54, 1.807) is 11.3 Å². The fourth-order valence-electron chi connectivity index (χ4n) is 2.24. The summed E-state index contributed by atoms with van der Waals surface area (Å²) in [4.78, 5) is 4.58. The second-order valence-electron chi connectivity index (χ2n) is 4.71. The molecule has 96 valence electrons. The number of nitrogens with one attached hydrogen (secondary N) is 1. The van der Waals surface area contributed by atoms with Crippen LogP contribution in [0.15, 0.2) is 5.38 Å². The number of aryl methyl sites for hydroxylation is 1. The standard InChI is InChI=1S/C13H22N2OS/c1-3-13-15-12(9-17-13)8-14-10(2)11-4-6-16-7-5-11/h9-11,14H,3-8H2,1-2H3. The highest BCUT2D eigenvalue weighted by atomic mass is 32.1. The van der Waals surface area contributed by atoms with Gasteiger partial charge in [-0.05, 0) is 32.1 Å². The molecule has 0 spiro atoms. The van der Waals surface area contributed by atoms with Gasteiger partial charge in [0.2, 0.25) is 0 Å². The predicted octanol–water partition coefficient (Wildman–Crippen LogP) is 2.61. The van der Waals surface area contributed by atoms with Gasteiger partial charge in [0.1, 0.15) is 0 Å². The van der Waals surface area contributed by atoms with E-state index < -0.39 is 0 Å². The second kappa shape index (κ2) is 6.47. The normalized spacial score (nSPS) is 19.4. The van der Waals surface area contributed by atoms with Crippen molar-refractivity contribution in [3.05, 3.63) is 16.1 Å². The van der Waals surface area contributed by atoms with Gasteiger partial charge in [0.15, 0.2) is 0 Å². The second-order valence-corrected chi connectivity index (χ2v) is 5.65. The summed E-state index contributed by atoms with van der Waals surface area (Å²) in [6.45, 7) is 7.18. The molecule has 0 bridgehead atoms. The van der Waals surface area contributed by atoms with Crippen LogP contribution in [-0.4, -0.2) is 24.2 Å². The molecule has 1 aliphatic rings. The summed E-state index contributed by atoms with van der Waals surface area (Å²) in [5, 5.41) is 7.00. The average Bonchev–Trinajstić information content (AvgIpc) is 2.85. The summed E-state index contributed by atoms with van der Waals surface area (Å²) in [6, 6.07) is 0.561. The Kier molecular flexibility index (Phi) is 4.95. The van der Waals surface area contributed by atoms with Gasteiger partial charge in [-0.25, -0.2) is 4.98 Å². The van der Waals surface area contributed by atoms with E-state index in [2.05, 4.69) is 29.5 Å². The molecule has 1 aromatic heterocycles. The Balaban J connectivity index is 1.76. The predicted molar refractivity (Wildman–Crippen MR) is 71.3 cm³/mol. The fraction of sp³-hybridized carbons (Fsp3) is 0.769. The summed E-state index contributed by atoms with van der Waals surface area (Å²) in [6.07, 6.45) is 3.41. The van der Waals surface area contributed by atoms with Crippen LogP contribution in [0.5, 0.6) is 0 Å². The van der Waals surface area contributed by atoms with Gasteiger partial charge in [0.25, 0.3) is 0 Å². The number of nitrogens with zero attached hydrogens (tertiary/aromatic N) is 1. The van der Waals surface area contributed by atoms with Crippen LogP contribution in [-0.2, 0) is 17.7 Å². The van der Waals surface area contributed by atoms with Crippen LogP contribution in [0, 0.1) is 5.92 Å². The third-order valence-electron chi connectivity index (χ3n) is 3.48. The Hall–Kier alpha value is -0.450. The van der Waals surface area contributed by atoms with E-state index in [-0.39, 0.29) is 0 Å². The molecule has 0 saturated carbocycles. The Morgan fingerprint density at radius 1 is 1.53 bits per heavy atom. The van der Waals surface area contributed by atoms with Crippen molar-refractivity contribution in [3.63, 3.8) is 0 Å². The first-order valence-electron chi connectivity index (χ1n) is 6.54. The molecule has 1 aliphatic heterocycles. The van der Waals surface area contributed by atoms with Crippen molar-refractivity contribution in [2.24, 2.45) is 5.92 Å². The number of hydrogen-bond acceptors (Lipinski definition) is 4. The molecular formula is C13H22N2OS. The SMILES string of the molecule is CCc1nc(CNC(C)C2CCOCC2)cs1. The summed E-state index contributed by atoms with van der Waals surface area (Å²) < 4.78 is 5.39. The first-order chi connectivity index (χ1) is 8.29. The molecule has 0 radical (unpaired) electrons. The monoisotopic (exact) mass is 254 g/mol. The molecule has 2 rings (SSSR count). The third-order valence-corrected chi connectivity index (χ3v) is 4.52. The topological polar surface area (TPSA) is 34.2 Å². The molecule has 1 unspecified atom stereocenters. The minimum absolute atomic E-state index is 0.561. The molecule has 3 nitrogen and oxygen atoms in total. The minimum Gasteiger partial charge on any atom is -0.381 e. The van der Waals surface area contributed by atoms with Crippen LogP contribution < -0.4 is 5.32 Å². The zero-order valence-corrected chi connectivity index (χ0v) is 11.6. The zero-order valence-electron chi connectivity index (χ0n) is 10.7. The van der Waals surface area contributed by atoms with Crippen LogP contribution >= 0.6 is 11.3 Å². The van der Waals surface area contributed by atoms with E-state index in [0.29, 0.717) is 6.04 Å². The third kappa shape index (κ3) is 3.76. The maximum Gasteiger partial charge on any atom is 0.0926 e. The van der Waals surface area contributed by atoms with Gasteiger partial charge in [-0.1, -0.05) is 6.92 Å². The lowest BCUT2D eigenvalue weighted by atomic mass is 9.93. The maximum absolute atomic E-state index is 5.39. The van der Waals surface area contributed by atoms with Gasteiger partial charge in [0.05, 0.1) is 10.7 Å². The van der Waals surface area contributed by atoms with Gasteiger partial charge >= 0.3 is 0 Å². The van der Waals surface area contributed by atoms with Crippen molar-refractivity contribution in [1.29, 1.82) is 0 Å². The molecule has 17 heavy (non-hydrogen) atoms. The van der Waals surface area contributed by atoms with E-state index in [1.165, 1.54) is 23.5 Å². The smallest absolute Gasteiger partial charge is 0.0926 e. The highest BCUT2D eigenvalue weighted by molar-refractivity contribution is 7.09. The molecule has 0 aromatic carbocycles. The van der Waals surface area contributed by atoms with Crippen molar-refractivity contribution in [2.45, 2.75) is 45.7 Å². The number of ether oxygens (including phenoxy) is 1. The van der Waals surface area contributed by atoms with Crippen LogP contribution in [0.2, 0.25) is 0 Å². The molecule has 4 heteroatoms. The Morgan fingerprint density at radius 2 is 2.29 bits per heavy atom. The number of aromatic nitrogens is 1. The zero-order chi connectivity index (χ0) is 12.1. The van der Waals surface area contributed by atoms with E-state index in [9.17, 15) is 0 Å². The fourth-order valence-corrected chi connectivity index (χ4v) is 2.99. The van der Waals surface area contributed by atoms with E-state index in [0.717, 1.165) is 32.1 Å². The number of thiazole rings is 1. The first kappa shape index (κ1) is 13.0. The molecular weight excluding hydrogens is 232 g/mol. The molecule has 1 saturated heterocycles. The molecule has 1 atom stereocenters. The van der Waals surface area contributed by atoms with Crippen molar-refractivity contribution in [2.75, 3.05) is 13.2 Å². The summed E-state index contributed by atoms with van der Waals surface area (Å²) in [5.41, 5.74) is 1.19. The largest absolute Gasteiger partial charge is 0.381 e. The van der Waals surface area contributed by atoms with Gasteiger partial charge < -0.3 is 10.1 Å². The maximum atomic E-state index is 5.39. The lowest BCUT2D eigenvalue weighted by Crippen LogP contribution is -2.36. The van der Waals surface area contributed by atoms with Crippen molar-refractivity contribution in [3.8, 4) is 0 Å². The van der Waals surface area contributed by atoms with Crippen molar-refractivity contribution >= 4 is 11.3 Å². The highest BCUT2D eigenvalue weighted by Crippen LogP contribution is 2.19. The van der Waals surface area contributed by atoms with Crippen molar-refractivity contribution in [1.82, 2.24) is 10.3 Å². The van der Waals surface area contributed by atoms with Gasteiger partial charge in [0, 0.05) is 31.2 Å². The Morgan fingerprint density at radius 3 is 2.94 bits per heavy atom. The quantitative estimate of drug-likeness (QED) is 0.877. The molecule has 1 aromatic rings. The average molecular weight is 254 g/mol. The lowest BCUT2D eigenvalue weighted by molar-refractivity contribution is 0.0557. The van der Waals surface area contributed by atoms with Crippen LogP contribution in [0.1, 0.15) is 37.4 Å². The number of rotatable bonds is 5. The molecule has 1 N–H and O–H groups in total. The molecule has 0 aliphatic carbocycles.